The summed E-state index contributed by atoms with van der Waals surface area (Å²) in [6.45, 7) is 5.58. The largest absolute Gasteiger partial charge is 0.492 e. The molecular formula is C28H28ClF2N3O2. The Morgan fingerprint density at radius 2 is 2.06 bits per heavy atom. The van der Waals surface area contributed by atoms with Crippen LogP contribution in [0.25, 0.3) is 16.9 Å². The quantitative estimate of drug-likeness (QED) is 0.453. The number of amides is 1. The zero-order valence-corrected chi connectivity index (χ0v) is 21.0. The summed E-state index contributed by atoms with van der Waals surface area (Å²) in [5, 5.41) is 8.22. The molecule has 0 saturated heterocycles. The molecule has 8 heteroatoms. The summed E-state index contributed by atoms with van der Waals surface area (Å²) in [6, 6.07) is 8.52. The van der Waals surface area contributed by atoms with E-state index in [4.69, 9.17) is 16.3 Å². The minimum absolute atomic E-state index is 0.0593. The summed E-state index contributed by atoms with van der Waals surface area (Å²) >= 11 is 6.19. The van der Waals surface area contributed by atoms with Crippen LogP contribution in [0, 0.1) is 34.8 Å². The third-order valence-corrected chi connectivity index (χ3v) is 8.91. The molecule has 1 N–H and O–H groups in total. The molecule has 2 heterocycles. The van der Waals surface area contributed by atoms with E-state index in [-0.39, 0.29) is 17.3 Å². The van der Waals surface area contributed by atoms with Gasteiger partial charge in [-0.05, 0) is 72.8 Å². The van der Waals surface area contributed by atoms with Gasteiger partial charge in [-0.15, -0.1) is 0 Å². The first-order valence-corrected chi connectivity index (χ1v) is 12.9. The number of aromatic nitrogens is 2. The van der Waals surface area contributed by atoms with Gasteiger partial charge < -0.3 is 10.1 Å². The molecular weight excluding hydrogens is 484 g/mol. The molecule has 3 saturated carbocycles. The van der Waals surface area contributed by atoms with Crippen molar-refractivity contribution in [1.82, 2.24) is 15.1 Å². The molecule has 5 nitrogen and oxygen atoms in total. The van der Waals surface area contributed by atoms with Crippen molar-refractivity contribution in [2.45, 2.75) is 39.5 Å². The number of carbonyl (C=O) groups excluding carboxylic acids is 1. The van der Waals surface area contributed by atoms with Crippen LogP contribution < -0.4 is 10.1 Å². The van der Waals surface area contributed by atoms with Crippen LogP contribution in [0.15, 0.2) is 36.4 Å². The number of nitrogens with one attached hydrogen (secondary N) is 1. The fraction of sp³-hybridized carbons (Fsp3) is 0.429. The van der Waals surface area contributed by atoms with E-state index in [1.54, 1.807) is 18.2 Å². The molecule has 3 fully saturated rings. The van der Waals surface area contributed by atoms with Gasteiger partial charge in [-0.1, -0.05) is 25.4 Å². The van der Waals surface area contributed by atoms with Gasteiger partial charge >= 0.3 is 0 Å². The summed E-state index contributed by atoms with van der Waals surface area (Å²) in [7, 11) is 0. The molecule has 0 radical (unpaired) electrons. The van der Waals surface area contributed by atoms with Gasteiger partial charge in [-0.25, -0.2) is 13.5 Å². The van der Waals surface area contributed by atoms with E-state index < -0.39 is 11.6 Å². The first-order chi connectivity index (χ1) is 17.2. The second kappa shape index (κ2) is 8.58. The summed E-state index contributed by atoms with van der Waals surface area (Å²) < 4.78 is 35.9. The van der Waals surface area contributed by atoms with Crippen LogP contribution in [0.1, 0.15) is 49.2 Å². The molecule has 1 aromatic heterocycles. The van der Waals surface area contributed by atoms with Crippen molar-refractivity contribution in [1.29, 1.82) is 0 Å². The van der Waals surface area contributed by atoms with Crippen LogP contribution in [0.2, 0.25) is 5.02 Å². The molecule has 3 unspecified atom stereocenters. The van der Waals surface area contributed by atoms with Crippen molar-refractivity contribution >= 4 is 17.5 Å². The highest BCUT2D eigenvalue weighted by atomic mass is 35.5. The molecule has 7 rings (SSSR count). The van der Waals surface area contributed by atoms with Gasteiger partial charge in [0.2, 0.25) is 0 Å². The third kappa shape index (κ3) is 3.71. The molecule has 4 aliphatic rings. The van der Waals surface area contributed by atoms with Crippen LogP contribution in [0.3, 0.4) is 0 Å². The Morgan fingerprint density at radius 1 is 1.22 bits per heavy atom. The Labute approximate surface area is 213 Å². The number of ether oxygens (including phenoxy) is 1. The molecule has 3 atom stereocenters. The van der Waals surface area contributed by atoms with E-state index in [0.717, 1.165) is 18.4 Å². The summed E-state index contributed by atoms with van der Waals surface area (Å²) in [5.74, 6) is 0.638. The van der Waals surface area contributed by atoms with Crippen LogP contribution in [0.4, 0.5) is 8.78 Å². The molecule has 2 bridgehead atoms. The van der Waals surface area contributed by atoms with Crippen molar-refractivity contribution in [2.75, 3.05) is 13.2 Å². The van der Waals surface area contributed by atoms with Crippen LogP contribution in [0.5, 0.6) is 5.75 Å². The highest BCUT2D eigenvalue weighted by Gasteiger charge is 2.54. The topological polar surface area (TPSA) is 56.2 Å². The molecule has 3 aromatic rings. The molecule has 36 heavy (non-hydrogen) atoms. The van der Waals surface area contributed by atoms with E-state index in [2.05, 4.69) is 24.3 Å². The van der Waals surface area contributed by atoms with Crippen LogP contribution >= 0.6 is 11.6 Å². The minimum atomic E-state index is -0.767. The van der Waals surface area contributed by atoms with Crippen molar-refractivity contribution in [3.8, 4) is 22.7 Å². The monoisotopic (exact) mass is 511 g/mol. The maximum Gasteiger partial charge on any atom is 0.272 e. The molecule has 0 spiro atoms. The average Bonchev–Trinajstić information content (AvgIpc) is 3.11. The van der Waals surface area contributed by atoms with Gasteiger partial charge in [0.05, 0.1) is 12.3 Å². The fourth-order valence-corrected chi connectivity index (χ4v) is 6.72. The Bertz CT molecular complexity index is 1370. The number of hydrogen-bond donors (Lipinski definition) is 1. The van der Waals surface area contributed by atoms with E-state index in [1.807, 2.05) is 0 Å². The second-order valence-corrected chi connectivity index (χ2v) is 11.3. The fourth-order valence-electron chi connectivity index (χ4n) is 6.56. The van der Waals surface area contributed by atoms with Gasteiger partial charge in [0.25, 0.3) is 5.91 Å². The Morgan fingerprint density at radius 3 is 2.81 bits per heavy atom. The Hall–Kier alpha value is -2.93. The van der Waals surface area contributed by atoms with E-state index in [9.17, 15) is 13.6 Å². The Kier molecular flexibility index (Phi) is 5.59. The number of nitrogens with zero attached hydrogens (tertiary/aromatic N) is 2. The molecule has 2 aromatic carbocycles. The van der Waals surface area contributed by atoms with Gasteiger partial charge in [-0.3, -0.25) is 4.79 Å². The highest BCUT2D eigenvalue weighted by molar-refractivity contribution is 6.30. The summed E-state index contributed by atoms with van der Waals surface area (Å²) in [5.41, 5.74) is 2.50. The smallest absolute Gasteiger partial charge is 0.272 e. The maximum atomic E-state index is 14.9. The number of carbonyl (C=O) groups is 1. The SMILES string of the molecule is CC1(C)C2CCC(CNC(=O)c3nn(-c4ccc(F)cc4F)c4c3CCOc3cc(Cl)ccc3-4)C1C2. The first kappa shape index (κ1) is 23.5. The summed E-state index contributed by atoms with van der Waals surface area (Å²) in [6.07, 6.45) is 3.97. The Balaban J connectivity index is 1.39. The number of rotatable bonds is 4. The number of hydrogen-bond acceptors (Lipinski definition) is 3. The predicted octanol–water partition coefficient (Wildman–Crippen LogP) is 6.21. The zero-order valence-electron chi connectivity index (χ0n) is 20.3. The second-order valence-electron chi connectivity index (χ2n) is 10.8. The van der Waals surface area contributed by atoms with E-state index in [0.29, 0.717) is 64.4 Å². The lowest BCUT2D eigenvalue weighted by Gasteiger charge is -2.60. The van der Waals surface area contributed by atoms with Gasteiger partial charge in [-0.2, -0.15) is 5.10 Å². The molecule has 1 aliphatic heterocycles. The lowest BCUT2D eigenvalue weighted by atomic mass is 9.45. The molecule has 1 amide bonds. The number of halogens is 3. The highest BCUT2D eigenvalue weighted by Crippen LogP contribution is 2.61. The average molecular weight is 512 g/mol. The first-order valence-electron chi connectivity index (χ1n) is 12.5. The van der Waals surface area contributed by atoms with E-state index in [1.165, 1.54) is 29.7 Å². The molecule has 188 valence electrons. The van der Waals surface area contributed by atoms with Crippen LogP contribution in [-0.4, -0.2) is 28.8 Å². The van der Waals surface area contributed by atoms with Crippen molar-refractivity contribution in [3.05, 3.63) is 64.3 Å². The van der Waals surface area contributed by atoms with Crippen molar-refractivity contribution in [2.24, 2.45) is 23.2 Å². The van der Waals surface area contributed by atoms with Crippen molar-refractivity contribution in [3.63, 3.8) is 0 Å². The minimum Gasteiger partial charge on any atom is -0.492 e. The lowest BCUT2D eigenvalue weighted by Crippen LogP contribution is -2.54. The lowest BCUT2D eigenvalue weighted by molar-refractivity contribution is -0.103. The standard InChI is InChI=1S/C28H28ClF2N3O2/c1-28(2)16-4-3-15(21(28)11-16)14-32-27(35)25-20-9-10-36-24-12-17(29)5-7-19(24)26(20)34(33-25)23-8-6-18(30)13-22(23)31/h5-8,12-13,15-16,21H,3-4,9-11,14H2,1-2H3,(H,32,35). The van der Waals surface area contributed by atoms with E-state index >= 15 is 0 Å². The normalized spacial score (nSPS) is 23.5. The number of fused-ring (bicyclic) bond motifs is 5. The maximum absolute atomic E-state index is 14.9. The van der Waals surface area contributed by atoms with Gasteiger partial charge in [0.15, 0.2) is 11.5 Å². The predicted molar refractivity (Wildman–Crippen MR) is 134 cm³/mol. The molecule has 3 aliphatic carbocycles. The van der Waals surface area contributed by atoms with Gasteiger partial charge in [0.1, 0.15) is 17.3 Å². The van der Waals surface area contributed by atoms with Crippen molar-refractivity contribution < 1.29 is 18.3 Å². The zero-order chi connectivity index (χ0) is 25.2. The van der Waals surface area contributed by atoms with Gasteiger partial charge in [0, 0.05) is 35.2 Å². The third-order valence-electron chi connectivity index (χ3n) is 8.67. The summed E-state index contributed by atoms with van der Waals surface area (Å²) in [4.78, 5) is 13.5. The van der Waals surface area contributed by atoms with Crippen LogP contribution in [-0.2, 0) is 6.42 Å². The number of benzene rings is 2.